The number of hydrogen-bond acceptors (Lipinski definition) is 3. The van der Waals surface area contributed by atoms with E-state index in [2.05, 4.69) is 21.2 Å². The number of carbonyl (C=O) groups is 2. The van der Waals surface area contributed by atoms with Crippen LogP contribution in [0.5, 0.6) is 0 Å². The Morgan fingerprint density at radius 2 is 1.83 bits per heavy atom. The standard InChI is InChI=1S/C13H22BrNO3/c1-12(2,3)18-11(17)15-9-13(10(16)8-14)6-4-5-7-13/h4-9H2,1-3H3,(H,15,17). The van der Waals surface area contributed by atoms with Crippen LogP contribution in [0.3, 0.4) is 0 Å². The summed E-state index contributed by atoms with van der Waals surface area (Å²) >= 11 is 3.22. The summed E-state index contributed by atoms with van der Waals surface area (Å²) in [4.78, 5) is 23.6. The van der Waals surface area contributed by atoms with Crippen LogP contribution in [0.2, 0.25) is 0 Å². The van der Waals surface area contributed by atoms with Crippen LogP contribution in [-0.2, 0) is 9.53 Å². The van der Waals surface area contributed by atoms with Crippen molar-refractivity contribution in [3.05, 3.63) is 0 Å². The SMILES string of the molecule is CC(C)(C)OC(=O)NCC1(C(=O)CBr)CCCC1. The molecule has 0 aliphatic heterocycles. The molecule has 0 saturated heterocycles. The van der Waals surface area contributed by atoms with Crippen molar-refractivity contribution in [1.29, 1.82) is 0 Å². The zero-order valence-electron chi connectivity index (χ0n) is 11.3. The number of alkyl carbamates (subject to hydrolysis) is 1. The fourth-order valence-electron chi connectivity index (χ4n) is 2.30. The first-order valence-corrected chi connectivity index (χ1v) is 7.47. The third-order valence-corrected chi connectivity index (χ3v) is 3.75. The van der Waals surface area contributed by atoms with Crippen molar-refractivity contribution in [2.75, 3.05) is 11.9 Å². The molecule has 4 nitrogen and oxygen atoms in total. The van der Waals surface area contributed by atoms with Crippen molar-refractivity contribution in [3.63, 3.8) is 0 Å². The Hall–Kier alpha value is -0.580. The van der Waals surface area contributed by atoms with E-state index in [1.54, 1.807) is 0 Å². The lowest BCUT2D eigenvalue weighted by Gasteiger charge is -2.28. The van der Waals surface area contributed by atoms with E-state index in [9.17, 15) is 9.59 Å². The van der Waals surface area contributed by atoms with Gasteiger partial charge in [-0.3, -0.25) is 4.79 Å². The van der Waals surface area contributed by atoms with Crippen molar-refractivity contribution in [2.45, 2.75) is 52.1 Å². The maximum Gasteiger partial charge on any atom is 0.407 e. The molecule has 0 unspecified atom stereocenters. The number of rotatable bonds is 4. The average molecular weight is 320 g/mol. The molecule has 0 aromatic heterocycles. The number of ether oxygens (including phenoxy) is 1. The Morgan fingerprint density at radius 1 is 1.28 bits per heavy atom. The Labute approximate surface area is 117 Å². The lowest BCUT2D eigenvalue weighted by molar-refractivity contribution is -0.125. The quantitative estimate of drug-likeness (QED) is 0.810. The number of nitrogens with one attached hydrogen (secondary N) is 1. The summed E-state index contributed by atoms with van der Waals surface area (Å²) in [7, 11) is 0. The van der Waals surface area contributed by atoms with E-state index in [4.69, 9.17) is 4.74 Å². The highest BCUT2D eigenvalue weighted by Gasteiger charge is 2.40. The topological polar surface area (TPSA) is 55.4 Å². The molecule has 1 aliphatic rings. The molecule has 104 valence electrons. The van der Waals surface area contributed by atoms with Gasteiger partial charge in [0.05, 0.1) is 5.33 Å². The van der Waals surface area contributed by atoms with Gasteiger partial charge in [-0.1, -0.05) is 28.8 Å². The van der Waals surface area contributed by atoms with E-state index >= 15 is 0 Å². The number of amides is 1. The summed E-state index contributed by atoms with van der Waals surface area (Å²) in [6.07, 6.45) is 3.36. The van der Waals surface area contributed by atoms with Crippen molar-refractivity contribution in [1.82, 2.24) is 5.32 Å². The van der Waals surface area contributed by atoms with Crippen molar-refractivity contribution >= 4 is 27.8 Å². The zero-order chi connectivity index (χ0) is 13.8. The second-order valence-electron chi connectivity index (χ2n) is 5.90. The van der Waals surface area contributed by atoms with Gasteiger partial charge < -0.3 is 10.1 Å². The molecule has 0 atom stereocenters. The van der Waals surface area contributed by atoms with Crippen LogP contribution < -0.4 is 5.32 Å². The Balaban J connectivity index is 2.54. The van der Waals surface area contributed by atoms with Gasteiger partial charge in [-0.25, -0.2) is 4.79 Å². The van der Waals surface area contributed by atoms with E-state index in [0.29, 0.717) is 11.9 Å². The molecule has 1 amide bonds. The lowest BCUT2D eigenvalue weighted by atomic mass is 9.82. The van der Waals surface area contributed by atoms with Crippen LogP contribution >= 0.6 is 15.9 Å². The summed E-state index contributed by atoms with van der Waals surface area (Å²) in [5.41, 5.74) is -0.896. The average Bonchev–Trinajstić information content (AvgIpc) is 2.73. The zero-order valence-corrected chi connectivity index (χ0v) is 12.9. The number of alkyl halides is 1. The Bertz CT molecular complexity index is 317. The van der Waals surface area contributed by atoms with E-state index in [1.165, 1.54) is 0 Å². The number of hydrogen-bond donors (Lipinski definition) is 1. The first-order valence-electron chi connectivity index (χ1n) is 6.35. The molecule has 5 heteroatoms. The normalized spacial score (nSPS) is 18.4. The Kier molecular flexibility index (Phi) is 5.20. The van der Waals surface area contributed by atoms with Crippen LogP contribution in [-0.4, -0.2) is 29.4 Å². The summed E-state index contributed by atoms with van der Waals surface area (Å²) in [6.45, 7) is 5.84. The van der Waals surface area contributed by atoms with Crippen LogP contribution in [0, 0.1) is 5.41 Å². The first kappa shape index (κ1) is 15.5. The van der Waals surface area contributed by atoms with Crippen LogP contribution in [0.25, 0.3) is 0 Å². The number of ketones is 1. The number of Topliss-reactive ketones (excluding diaryl/α,β-unsaturated/α-hetero) is 1. The summed E-state index contributed by atoms with van der Waals surface area (Å²) in [5.74, 6) is 0.177. The van der Waals surface area contributed by atoms with Gasteiger partial charge >= 0.3 is 6.09 Å². The summed E-state index contributed by atoms with van der Waals surface area (Å²) in [6, 6.07) is 0. The highest BCUT2D eigenvalue weighted by Crippen LogP contribution is 2.38. The first-order chi connectivity index (χ1) is 8.29. The minimum Gasteiger partial charge on any atom is -0.444 e. The monoisotopic (exact) mass is 319 g/mol. The molecular weight excluding hydrogens is 298 g/mol. The predicted octanol–water partition coefficient (Wildman–Crippen LogP) is 3.04. The highest BCUT2D eigenvalue weighted by atomic mass is 79.9. The molecule has 0 heterocycles. The fourth-order valence-corrected chi connectivity index (χ4v) is 2.90. The van der Waals surface area contributed by atoms with Crippen LogP contribution in [0.1, 0.15) is 46.5 Å². The van der Waals surface area contributed by atoms with Gasteiger partial charge in [0, 0.05) is 12.0 Å². The molecule has 0 bridgehead atoms. The smallest absolute Gasteiger partial charge is 0.407 e. The summed E-state index contributed by atoms with van der Waals surface area (Å²) in [5, 5.41) is 3.08. The summed E-state index contributed by atoms with van der Waals surface area (Å²) < 4.78 is 5.18. The van der Waals surface area contributed by atoms with Crippen LogP contribution in [0.4, 0.5) is 4.79 Å². The number of carbonyl (C=O) groups excluding carboxylic acids is 2. The molecular formula is C13H22BrNO3. The second kappa shape index (κ2) is 6.04. The Morgan fingerprint density at radius 3 is 2.28 bits per heavy atom. The molecule has 1 fully saturated rings. The molecule has 0 spiro atoms. The third kappa shape index (κ3) is 4.26. The highest BCUT2D eigenvalue weighted by molar-refractivity contribution is 9.09. The minimum absolute atomic E-state index is 0.177. The molecule has 1 rings (SSSR count). The molecule has 18 heavy (non-hydrogen) atoms. The molecule has 1 aliphatic carbocycles. The molecule has 0 aromatic rings. The van der Waals surface area contributed by atoms with Gasteiger partial charge in [0.15, 0.2) is 5.78 Å². The van der Waals surface area contributed by atoms with E-state index in [1.807, 2.05) is 20.8 Å². The second-order valence-corrected chi connectivity index (χ2v) is 6.46. The van der Waals surface area contributed by atoms with E-state index in [0.717, 1.165) is 25.7 Å². The number of halogens is 1. The largest absolute Gasteiger partial charge is 0.444 e. The van der Waals surface area contributed by atoms with E-state index < -0.39 is 11.7 Å². The fraction of sp³-hybridized carbons (Fsp3) is 0.846. The maximum atomic E-state index is 12.0. The molecule has 1 saturated carbocycles. The van der Waals surface area contributed by atoms with Crippen molar-refractivity contribution in [2.24, 2.45) is 5.41 Å². The van der Waals surface area contributed by atoms with Crippen molar-refractivity contribution < 1.29 is 14.3 Å². The van der Waals surface area contributed by atoms with Crippen molar-refractivity contribution in [3.8, 4) is 0 Å². The molecule has 0 radical (unpaired) electrons. The van der Waals surface area contributed by atoms with Gasteiger partial charge in [-0.05, 0) is 33.6 Å². The minimum atomic E-state index is -0.508. The van der Waals surface area contributed by atoms with Gasteiger partial charge in [0.25, 0.3) is 0 Å². The third-order valence-electron chi connectivity index (χ3n) is 3.24. The van der Waals surface area contributed by atoms with Crippen LogP contribution in [0.15, 0.2) is 0 Å². The van der Waals surface area contributed by atoms with Gasteiger partial charge in [-0.15, -0.1) is 0 Å². The van der Waals surface area contributed by atoms with E-state index in [-0.39, 0.29) is 11.2 Å². The molecule has 0 aromatic carbocycles. The van der Waals surface area contributed by atoms with Gasteiger partial charge in [0.2, 0.25) is 0 Å². The predicted molar refractivity (Wildman–Crippen MR) is 73.9 cm³/mol. The van der Waals surface area contributed by atoms with Gasteiger partial charge in [0.1, 0.15) is 5.60 Å². The lowest BCUT2D eigenvalue weighted by Crippen LogP contribution is -2.43. The van der Waals surface area contributed by atoms with Gasteiger partial charge in [-0.2, -0.15) is 0 Å². The molecule has 1 N–H and O–H groups in total. The maximum absolute atomic E-state index is 12.0.